The maximum absolute atomic E-state index is 13.3. The number of aromatic nitrogens is 1. The normalized spacial score (nSPS) is 15.0. The number of ether oxygens (including phenoxy) is 1. The largest absolute Gasteiger partial charge is 0.452 e. The molecular weight excluding hydrogens is 462 g/mol. The molecule has 0 saturated heterocycles. The first kappa shape index (κ1) is 23.3. The maximum Gasteiger partial charge on any atom is 0.338 e. The molecule has 0 radical (unpaired) electrons. The van der Waals surface area contributed by atoms with Crippen LogP contribution in [0.2, 0.25) is 0 Å². The van der Waals surface area contributed by atoms with Crippen LogP contribution in [0.15, 0.2) is 52.9 Å². The highest BCUT2D eigenvalue weighted by molar-refractivity contribution is 7.89. The molecule has 0 atom stereocenters. The number of carbonyl (C=O) groups is 2. The highest BCUT2D eigenvalue weighted by Gasteiger charge is 2.31. The van der Waals surface area contributed by atoms with Crippen LogP contribution in [0.5, 0.6) is 0 Å². The summed E-state index contributed by atoms with van der Waals surface area (Å²) in [5.41, 5.74) is 2.94. The molecule has 1 amide bonds. The molecule has 2 aromatic carbocycles. The number of anilines is 1. The summed E-state index contributed by atoms with van der Waals surface area (Å²) in [5, 5.41) is 2.58. The third kappa shape index (κ3) is 5.23. The first-order chi connectivity index (χ1) is 15.9. The van der Waals surface area contributed by atoms with Crippen LogP contribution in [0.25, 0.3) is 10.2 Å². The monoisotopic (exact) mass is 487 g/mol. The molecule has 0 unspecified atom stereocenters. The second-order valence-corrected chi connectivity index (χ2v) is 10.8. The smallest absolute Gasteiger partial charge is 0.338 e. The molecule has 0 aliphatic heterocycles. The highest BCUT2D eigenvalue weighted by Crippen LogP contribution is 2.29. The van der Waals surface area contributed by atoms with E-state index >= 15 is 0 Å². The minimum absolute atomic E-state index is 0.0217. The van der Waals surface area contributed by atoms with E-state index in [0.29, 0.717) is 5.56 Å². The van der Waals surface area contributed by atoms with Gasteiger partial charge >= 0.3 is 5.97 Å². The van der Waals surface area contributed by atoms with E-state index in [9.17, 15) is 18.0 Å². The van der Waals surface area contributed by atoms with Crippen molar-refractivity contribution in [2.75, 3.05) is 19.0 Å². The summed E-state index contributed by atoms with van der Waals surface area (Å²) in [6.07, 6.45) is 4.78. The first-order valence-corrected chi connectivity index (χ1v) is 13.1. The van der Waals surface area contributed by atoms with Crippen LogP contribution in [-0.4, -0.2) is 49.3 Å². The fraction of sp³-hybridized carbons (Fsp3) is 0.348. The lowest BCUT2D eigenvalue weighted by Gasteiger charge is -2.30. The second kappa shape index (κ2) is 9.98. The van der Waals surface area contributed by atoms with Gasteiger partial charge < -0.3 is 10.1 Å². The van der Waals surface area contributed by atoms with Gasteiger partial charge in [-0.3, -0.25) is 4.79 Å². The second-order valence-electron chi connectivity index (χ2n) is 7.97. The van der Waals surface area contributed by atoms with E-state index in [-0.39, 0.29) is 16.6 Å². The van der Waals surface area contributed by atoms with Crippen molar-refractivity contribution in [3.05, 3.63) is 53.5 Å². The molecule has 1 N–H and O–H groups in total. The predicted octanol–water partition coefficient (Wildman–Crippen LogP) is 4.05. The van der Waals surface area contributed by atoms with Crippen LogP contribution in [0, 0.1) is 0 Å². The van der Waals surface area contributed by atoms with Crippen molar-refractivity contribution in [2.24, 2.45) is 0 Å². The van der Waals surface area contributed by atoms with Gasteiger partial charge in [0, 0.05) is 13.1 Å². The number of hydrogen-bond donors (Lipinski definition) is 1. The van der Waals surface area contributed by atoms with Gasteiger partial charge in [-0.1, -0.05) is 31.4 Å². The number of hydrogen-bond acceptors (Lipinski definition) is 7. The summed E-state index contributed by atoms with van der Waals surface area (Å²) in [5.74, 6) is -1.26. The SMILES string of the molecule is CN(C1CCCCC1)S(=O)(=O)c1ccccc1NC(=O)COC(=O)c1ccc2ncsc2c1. The number of esters is 1. The van der Waals surface area contributed by atoms with Crippen LogP contribution in [0.3, 0.4) is 0 Å². The van der Waals surface area contributed by atoms with Gasteiger partial charge in [-0.15, -0.1) is 11.3 Å². The van der Waals surface area contributed by atoms with Gasteiger partial charge in [0.05, 0.1) is 27.0 Å². The quantitative estimate of drug-likeness (QED) is 0.504. The van der Waals surface area contributed by atoms with Gasteiger partial charge in [-0.05, 0) is 43.2 Å². The lowest BCUT2D eigenvalue weighted by atomic mass is 9.96. The minimum Gasteiger partial charge on any atom is -0.452 e. The lowest BCUT2D eigenvalue weighted by molar-refractivity contribution is -0.119. The topological polar surface area (TPSA) is 106 Å². The van der Waals surface area contributed by atoms with Crippen molar-refractivity contribution in [3.8, 4) is 0 Å². The fourth-order valence-electron chi connectivity index (χ4n) is 3.97. The van der Waals surface area contributed by atoms with Crippen molar-refractivity contribution in [1.29, 1.82) is 0 Å². The van der Waals surface area contributed by atoms with E-state index in [2.05, 4.69) is 10.3 Å². The van der Waals surface area contributed by atoms with Gasteiger partial charge in [0.1, 0.15) is 4.90 Å². The average Bonchev–Trinajstić information content (AvgIpc) is 3.31. The number of amides is 1. The molecule has 1 fully saturated rings. The molecule has 33 heavy (non-hydrogen) atoms. The van der Waals surface area contributed by atoms with Gasteiger partial charge in [0.15, 0.2) is 6.61 Å². The van der Waals surface area contributed by atoms with Crippen LogP contribution >= 0.6 is 11.3 Å². The molecule has 8 nitrogen and oxygen atoms in total. The van der Waals surface area contributed by atoms with Gasteiger partial charge in [-0.25, -0.2) is 18.2 Å². The Labute approximate surface area is 196 Å². The highest BCUT2D eigenvalue weighted by atomic mass is 32.2. The van der Waals surface area contributed by atoms with Gasteiger partial charge in [-0.2, -0.15) is 4.31 Å². The standard InChI is InChI=1S/C23H25N3O5S2/c1-26(17-7-3-2-4-8-17)33(29,30)21-10-6-5-9-19(21)25-22(27)14-31-23(28)16-11-12-18-20(13-16)32-15-24-18/h5-6,9-13,15,17H,2-4,7-8,14H2,1H3,(H,25,27). The summed E-state index contributed by atoms with van der Waals surface area (Å²) < 4.78 is 33.9. The van der Waals surface area contributed by atoms with E-state index < -0.39 is 28.5 Å². The number of sulfonamides is 1. The number of nitrogens with one attached hydrogen (secondary N) is 1. The Hall–Kier alpha value is -2.82. The van der Waals surface area contributed by atoms with Crippen molar-refractivity contribution < 1.29 is 22.7 Å². The molecule has 1 heterocycles. The van der Waals surface area contributed by atoms with Crippen molar-refractivity contribution in [3.63, 3.8) is 0 Å². The number of nitrogens with zero attached hydrogens (tertiary/aromatic N) is 2. The summed E-state index contributed by atoms with van der Waals surface area (Å²) in [6, 6.07) is 11.2. The maximum atomic E-state index is 13.3. The molecule has 10 heteroatoms. The van der Waals surface area contributed by atoms with E-state index in [1.807, 2.05) is 0 Å². The van der Waals surface area contributed by atoms with Crippen LogP contribution in [-0.2, 0) is 19.6 Å². The summed E-state index contributed by atoms with van der Waals surface area (Å²) in [6.45, 7) is -0.535. The molecule has 3 aromatic rings. The van der Waals surface area contributed by atoms with Crippen LogP contribution in [0.4, 0.5) is 5.69 Å². The van der Waals surface area contributed by atoms with E-state index in [0.717, 1.165) is 42.3 Å². The molecule has 1 aliphatic carbocycles. The Morgan fingerprint density at radius 1 is 1.15 bits per heavy atom. The lowest BCUT2D eigenvalue weighted by Crippen LogP contribution is -2.38. The Morgan fingerprint density at radius 2 is 1.91 bits per heavy atom. The number of para-hydroxylation sites is 1. The molecule has 4 rings (SSSR count). The van der Waals surface area contributed by atoms with Gasteiger partial charge in [0.2, 0.25) is 10.0 Å². The van der Waals surface area contributed by atoms with E-state index in [1.54, 1.807) is 42.9 Å². The zero-order valence-corrected chi connectivity index (χ0v) is 19.8. The molecule has 0 bridgehead atoms. The number of carbonyl (C=O) groups excluding carboxylic acids is 2. The zero-order chi connectivity index (χ0) is 23.4. The van der Waals surface area contributed by atoms with E-state index in [4.69, 9.17) is 4.74 Å². The number of benzene rings is 2. The van der Waals surface area contributed by atoms with Crippen molar-refractivity contribution in [2.45, 2.75) is 43.0 Å². The molecule has 1 saturated carbocycles. The summed E-state index contributed by atoms with van der Waals surface area (Å²) in [4.78, 5) is 29.0. The third-order valence-electron chi connectivity index (χ3n) is 5.81. The molecule has 1 aromatic heterocycles. The minimum atomic E-state index is -3.80. The number of thiazole rings is 1. The number of fused-ring (bicyclic) bond motifs is 1. The summed E-state index contributed by atoms with van der Waals surface area (Å²) in [7, 11) is -2.21. The summed E-state index contributed by atoms with van der Waals surface area (Å²) >= 11 is 1.40. The Kier molecular flexibility index (Phi) is 7.06. The van der Waals surface area contributed by atoms with E-state index in [1.165, 1.54) is 27.8 Å². The fourth-order valence-corrected chi connectivity index (χ4v) is 6.25. The average molecular weight is 488 g/mol. The van der Waals surface area contributed by atoms with Crippen molar-refractivity contribution in [1.82, 2.24) is 9.29 Å². The predicted molar refractivity (Wildman–Crippen MR) is 127 cm³/mol. The first-order valence-electron chi connectivity index (χ1n) is 10.7. The molecular formula is C23H25N3O5S2. The molecule has 174 valence electrons. The molecule has 0 spiro atoms. The third-order valence-corrected chi connectivity index (χ3v) is 8.57. The van der Waals surface area contributed by atoms with Gasteiger partial charge in [0.25, 0.3) is 5.91 Å². The molecule has 1 aliphatic rings. The Bertz CT molecular complexity index is 1270. The Balaban J connectivity index is 1.42. The zero-order valence-electron chi connectivity index (χ0n) is 18.2. The number of rotatable bonds is 7. The Morgan fingerprint density at radius 3 is 2.70 bits per heavy atom. The van der Waals surface area contributed by atoms with Crippen LogP contribution in [0.1, 0.15) is 42.5 Å². The van der Waals surface area contributed by atoms with Crippen molar-refractivity contribution >= 4 is 49.1 Å². The van der Waals surface area contributed by atoms with Crippen LogP contribution < -0.4 is 5.32 Å².